The summed E-state index contributed by atoms with van der Waals surface area (Å²) in [6.07, 6.45) is 2.53. The summed E-state index contributed by atoms with van der Waals surface area (Å²) in [6, 6.07) is 5.63. The van der Waals surface area contributed by atoms with Gasteiger partial charge in [-0.15, -0.1) is 12.4 Å². The van der Waals surface area contributed by atoms with Gasteiger partial charge in [0.2, 0.25) is 11.8 Å². The van der Waals surface area contributed by atoms with Crippen LogP contribution in [0.15, 0.2) is 18.2 Å². The van der Waals surface area contributed by atoms with Crippen molar-refractivity contribution in [1.29, 1.82) is 0 Å². The summed E-state index contributed by atoms with van der Waals surface area (Å²) in [5.41, 5.74) is 1.58. The van der Waals surface area contributed by atoms with Gasteiger partial charge < -0.3 is 16.0 Å². The van der Waals surface area contributed by atoms with Gasteiger partial charge in [-0.05, 0) is 44.0 Å². The second-order valence-corrected chi connectivity index (χ2v) is 5.71. The SMILES string of the molecule is Cc1ccc(NC(=O)CNC(=O)CC2CCCN2)c(Cl)c1.Cl. The first-order valence-corrected chi connectivity index (χ1v) is 7.48. The Bertz CT molecular complexity index is 532. The molecule has 1 aromatic rings. The minimum Gasteiger partial charge on any atom is -0.347 e. The summed E-state index contributed by atoms with van der Waals surface area (Å²) >= 11 is 6.04. The van der Waals surface area contributed by atoms with Crippen LogP contribution in [-0.4, -0.2) is 30.9 Å². The average molecular weight is 346 g/mol. The van der Waals surface area contributed by atoms with Crippen LogP contribution in [-0.2, 0) is 9.59 Å². The van der Waals surface area contributed by atoms with Gasteiger partial charge in [0, 0.05) is 12.5 Å². The Morgan fingerprint density at radius 1 is 1.36 bits per heavy atom. The molecule has 0 saturated carbocycles. The Kier molecular flexibility index (Phi) is 7.65. The fraction of sp³-hybridized carbons (Fsp3) is 0.467. The van der Waals surface area contributed by atoms with Crippen molar-refractivity contribution in [1.82, 2.24) is 10.6 Å². The summed E-state index contributed by atoms with van der Waals surface area (Å²) in [4.78, 5) is 23.5. The molecule has 1 aliphatic rings. The van der Waals surface area contributed by atoms with E-state index in [1.807, 2.05) is 13.0 Å². The fourth-order valence-electron chi connectivity index (χ4n) is 2.32. The maximum Gasteiger partial charge on any atom is 0.243 e. The maximum atomic E-state index is 11.8. The molecule has 1 fully saturated rings. The van der Waals surface area contributed by atoms with Crippen LogP contribution >= 0.6 is 24.0 Å². The van der Waals surface area contributed by atoms with Crippen molar-refractivity contribution in [2.75, 3.05) is 18.4 Å². The molecular weight excluding hydrogens is 325 g/mol. The van der Waals surface area contributed by atoms with Crippen LogP contribution in [0.2, 0.25) is 5.02 Å². The van der Waals surface area contributed by atoms with Crippen LogP contribution < -0.4 is 16.0 Å². The van der Waals surface area contributed by atoms with Gasteiger partial charge in [0.15, 0.2) is 0 Å². The third-order valence-electron chi connectivity index (χ3n) is 3.44. The van der Waals surface area contributed by atoms with E-state index in [2.05, 4.69) is 16.0 Å². The smallest absolute Gasteiger partial charge is 0.243 e. The Balaban J connectivity index is 0.00000242. The molecule has 2 rings (SSSR count). The molecule has 0 spiro atoms. The van der Waals surface area contributed by atoms with Gasteiger partial charge in [-0.25, -0.2) is 0 Å². The molecule has 3 N–H and O–H groups in total. The second kappa shape index (κ2) is 8.98. The zero-order chi connectivity index (χ0) is 15.2. The fourth-order valence-corrected chi connectivity index (χ4v) is 2.60. The summed E-state index contributed by atoms with van der Waals surface area (Å²) in [6.45, 7) is 2.84. The zero-order valence-corrected chi connectivity index (χ0v) is 14.0. The van der Waals surface area contributed by atoms with Crippen molar-refractivity contribution in [2.24, 2.45) is 0 Å². The Morgan fingerprint density at radius 3 is 2.77 bits per heavy atom. The van der Waals surface area contributed by atoms with Crippen molar-refractivity contribution in [2.45, 2.75) is 32.2 Å². The highest BCUT2D eigenvalue weighted by Gasteiger charge is 2.17. The van der Waals surface area contributed by atoms with Gasteiger partial charge in [-0.3, -0.25) is 9.59 Å². The minimum atomic E-state index is -0.284. The van der Waals surface area contributed by atoms with Gasteiger partial charge in [-0.2, -0.15) is 0 Å². The molecule has 1 saturated heterocycles. The number of benzene rings is 1. The van der Waals surface area contributed by atoms with E-state index in [-0.39, 0.29) is 36.8 Å². The zero-order valence-electron chi connectivity index (χ0n) is 12.4. The van der Waals surface area contributed by atoms with E-state index < -0.39 is 0 Å². The Labute approximate surface area is 141 Å². The number of carbonyl (C=O) groups excluding carboxylic acids is 2. The van der Waals surface area contributed by atoms with E-state index in [4.69, 9.17) is 11.6 Å². The van der Waals surface area contributed by atoms with E-state index in [0.717, 1.165) is 24.9 Å². The van der Waals surface area contributed by atoms with Gasteiger partial charge >= 0.3 is 0 Å². The van der Waals surface area contributed by atoms with E-state index in [0.29, 0.717) is 17.1 Å². The molecule has 0 aliphatic carbocycles. The van der Waals surface area contributed by atoms with Crippen LogP contribution in [0, 0.1) is 6.92 Å². The molecule has 7 heteroatoms. The number of rotatable bonds is 5. The molecule has 0 aromatic heterocycles. The topological polar surface area (TPSA) is 70.2 Å². The average Bonchev–Trinajstić information content (AvgIpc) is 2.92. The number of hydrogen-bond acceptors (Lipinski definition) is 3. The number of amides is 2. The summed E-state index contributed by atoms with van der Waals surface area (Å²) in [7, 11) is 0. The van der Waals surface area contributed by atoms with E-state index in [9.17, 15) is 9.59 Å². The van der Waals surface area contributed by atoms with Gasteiger partial charge in [0.1, 0.15) is 0 Å². The lowest BCUT2D eigenvalue weighted by molar-refractivity contribution is -0.124. The summed E-state index contributed by atoms with van der Waals surface area (Å²) in [5, 5.41) is 9.05. The van der Waals surface area contributed by atoms with Crippen LogP contribution in [0.1, 0.15) is 24.8 Å². The number of nitrogens with one attached hydrogen (secondary N) is 3. The predicted octanol–water partition coefficient (Wildman–Crippen LogP) is 2.27. The first-order valence-electron chi connectivity index (χ1n) is 7.10. The molecular formula is C15H21Cl2N3O2. The van der Waals surface area contributed by atoms with E-state index in [1.54, 1.807) is 12.1 Å². The normalized spacial score (nSPS) is 16.7. The van der Waals surface area contributed by atoms with Crippen molar-refractivity contribution in [3.63, 3.8) is 0 Å². The monoisotopic (exact) mass is 345 g/mol. The molecule has 1 atom stereocenters. The van der Waals surface area contributed by atoms with Crippen molar-refractivity contribution >= 4 is 41.5 Å². The first kappa shape index (κ1) is 18.7. The summed E-state index contributed by atoms with van der Waals surface area (Å²) in [5.74, 6) is -0.395. The van der Waals surface area contributed by atoms with Crippen molar-refractivity contribution in [3.05, 3.63) is 28.8 Å². The van der Waals surface area contributed by atoms with Gasteiger partial charge in [0.25, 0.3) is 0 Å². The second-order valence-electron chi connectivity index (χ2n) is 5.31. The lowest BCUT2D eigenvalue weighted by atomic mass is 10.1. The molecule has 1 heterocycles. The first-order chi connectivity index (χ1) is 10.0. The van der Waals surface area contributed by atoms with E-state index >= 15 is 0 Å². The van der Waals surface area contributed by atoms with Crippen molar-refractivity contribution < 1.29 is 9.59 Å². The lowest BCUT2D eigenvalue weighted by Gasteiger charge is -2.11. The van der Waals surface area contributed by atoms with E-state index in [1.165, 1.54) is 0 Å². The maximum absolute atomic E-state index is 11.8. The molecule has 22 heavy (non-hydrogen) atoms. The van der Waals surface area contributed by atoms with Crippen molar-refractivity contribution in [3.8, 4) is 0 Å². The highest BCUT2D eigenvalue weighted by Crippen LogP contribution is 2.22. The number of aryl methyl sites for hydroxylation is 1. The molecule has 2 amide bonds. The molecule has 122 valence electrons. The number of halogens is 2. The molecule has 0 radical (unpaired) electrons. The van der Waals surface area contributed by atoms with Crippen LogP contribution in [0.4, 0.5) is 5.69 Å². The predicted molar refractivity (Wildman–Crippen MR) is 90.7 cm³/mol. The third-order valence-corrected chi connectivity index (χ3v) is 3.75. The van der Waals surface area contributed by atoms with Gasteiger partial charge in [0.05, 0.1) is 17.3 Å². The minimum absolute atomic E-state index is 0. The molecule has 1 aliphatic heterocycles. The van der Waals surface area contributed by atoms with Crippen LogP contribution in [0.25, 0.3) is 0 Å². The number of anilines is 1. The molecule has 5 nitrogen and oxygen atoms in total. The largest absolute Gasteiger partial charge is 0.347 e. The van der Waals surface area contributed by atoms with Gasteiger partial charge in [-0.1, -0.05) is 17.7 Å². The third kappa shape index (κ3) is 5.83. The molecule has 1 aromatic carbocycles. The quantitative estimate of drug-likeness (QED) is 0.766. The number of carbonyl (C=O) groups is 2. The molecule has 1 unspecified atom stereocenters. The highest BCUT2D eigenvalue weighted by atomic mass is 35.5. The standard InChI is InChI=1S/C15H20ClN3O2.ClH/c1-10-4-5-13(12(16)7-10)19-15(21)9-18-14(20)8-11-3-2-6-17-11;/h4-5,7,11,17H,2-3,6,8-9H2,1H3,(H,18,20)(H,19,21);1H. The molecule has 0 bridgehead atoms. The Morgan fingerprint density at radius 2 is 2.14 bits per heavy atom. The summed E-state index contributed by atoms with van der Waals surface area (Å²) < 4.78 is 0. The van der Waals surface area contributed by atoms with Crippen LogP contribution in [0.5, 0.6) is 0 Å². The highest BCUT2D eigenvalue weighted by molar-refractivity contribution is 6.33. The Hall–Kier alpha value is -1.30. The lowest BCUT2D eigenvalue weighted by Crippen LogP contribution is -2.36. The van der Waals surface area contributed by atoms with Crippen LogP contribution in [0.3, 0.4) is 0 Å². The number of hydrogen-bond donors (Lipinski definition) is 3.